The van der Waals surface area contributed by atoms with Crippen molar-refractivity contribution in [2.75, 3.05) is 26.3 Å². The molecule has 5 nitrogen and oxygen atoms in total. The SMILES string of the molecule is CCC(Cc1cccc(C(=O)N2CCOCC2)c1)NC(C)=O. The third kappa shape index (κ3) is 4.56. The maximum Gasteiger partial charge on any atom is 0.254 e. The van der Waals surface area contributed by atoms with Crippen molar-refractivity contribution in [1.29, 1.82) is 0 Å². The van der Waals surface area contributed by atoms with Crippen LogP contribution in [0.5, 0.6) is 0 Å². The second-order valence-electron chi connectivity index (χ2n) is 5.61. The molecule has 1 heterocycles. The van der Waals surface area contributed by atoms with E-state index in [1.165, 1.54) is 6.92 Å². The van der Waals surface area contributed by atoms with E-state index in [1.54, 1.807) is 0 Å². The molecule has 1 fully saturated rings. The number of morpholine rings is 1. The summed E-state index contributed by atoms with van der Waals surface area (Å²) < 4.78 is 5.28. The van der Waals surface area contributed by atoms with Crippen molar-refractivity contribution < 1.29 is 14.3 Å². The highest BCUT2D eigenvalue weighted by atomic mass is 16.5. The molecule has 22 heavy (non-hydrogen) atoms. The molecule has 0 spiro atoms. The number of rotatable bonds is 5. The standard InChI is InChI=1S/C17H24N2O3/c1-3-16(18-13(2)20)12-14-5-4-6-15(11-14)17(21)19-7-9-22-10-8-19/h4-6,11,16H,3,7-10,12H2,1-2H3,(H,18,20). The summed E-state index contributed by atoms with van der Waals surface area (Å²) in [5.41, 5.74) is 1.77. The molecule has 120 valence electrons. The van der Waals surface area contributed by atoms with E-state index in [0.29, 0.717) is 31.9 Å². The van der Waals surface area contributed by atoms with Crippen molar-refractivity contribution >= 4 is 11.8 Å². The van der Waals surface area contributed by atoms with E-state index in [0.717, 1.165) is 18.4 Å². The third-order valence-corrected chi connectivity index (χ3v) is 3.85. The lowest BCUT2D eigenvalue weighted by Crippen LogP contribution is -2.40. The van der Waals surface area contributed by atoms with E-state index in [9.17, 15) is 9.59 Å². The number of hydrogen-bond acceptors (Lipinski definition) is 3. The van der Waals surface area contributed by atoms with Gasteiger partial charge in [0.05, 0.1) is 13.2 Å². The average molecular weight is 304 g/mol. The molecule has 2 amide bonds. The molecule has 0 bridgehead atoms. The Morgan fingerprint density at radius 2 is 2.05 bits per heavy atom. The van der Waals surface area contributed by atoms with Crippen LogP contribution in [0.15, 0.2) is 24.3 Å². The van der Waals surface area contributed by atoms with E-state index >= 15 is 0 Å². The molecule has 1 unspecified atom stereocenters. The first-order chi connectivity index (χ1) is 10.6. The van der Waals surface area contributed by atoms with Crippen molar-refractivity contribution in [1.82, 2.24) is 10.2 Å². The summed E-state index contributed by atoms with van der Waals surface area (Å²) in [7, 11) is 0. The number of ether oxygens (including phenoxy) is 1. The van der Waals surface area contributed by atoms with Crippen molar-refractivity contribution in [2.45, 2.75) is 32.7 Å². The zero-order valence-corrected chi connectivity index (χ0v) is 13.3. The van der Waals surface area contributed by atoms with E-state index in [2.05, 4.69) is 5.32 Å². The van der Waals surface area contributed by atoms with Gasteiger partial charge in [0.25, 0.3) is 5.91 Å². The zero-order valence-electron chi connectivity index (χ0n) is 13.3. The molecule has 2 rings (SSSR count). The Morgan fingerprint density at radius 1 is 1.32 bits per heavy atom. The van der Waals surface area contributed by atoms with Gasteiger partial charge in [-0.05, 0) is 30.5 Å². The van der Waals surface area contributed by atoms with Crippen LogP contribution in [0.3, 0.4) is 0 Å². The zero-order chi connectivity index (χ0) is 15.9. The maximum absolute atomic E-state index is 12.5. The van der Waals surface area contributed by atoms with Crippen LogP contribution < -0.4 is 5.32 Å². The molecule has 1 aliphatic rings. The van der Waals surface area contributed by atoms with Crippen LogP contribution in [0, 0.1) is 0 Å². The van der Waals surface area contributed by atoms with Gasteiger partial charge in [-0.25, -0.2) is 0 Å². The second-order valence-corrected chi connectivity index (χ2v) is 5.61. The molecule has 1 saturated heterocycles. The molecule has 0 radical (unpaired) electrons. The molecular formula is C17H24N2O3. The van der Waals surface area contributed by atoms with Crippen LogP contribution in [0.4, 0.5) is 0 Å². The molecule has 0 aliphatic carbocycles. The molecule has 1 aromatic carbocycles. The summed E-state index contributed by atoms with van der Waals surface area (Å²) in [6.45, 7) is 6.07. The Bertz CT molecular complexity index is 524. The van der Waals surface area contributed by atoms with Crippen molar-refractivity contribution in [3.05, 3.63) is 35.4 Å². The number of hydrogen-bond donors (Lipinski definition) is 1. The van der Waals surface area contributed by atoms with Gasteiger partial charge in [-0.1, -0.05) is 19.1 Å². The van der Waals surface area contributed by atoms with Gasteiger partial charge in [0.15, 0.2) is 0 Å². The topological polar surface area (TPSA) is 58.6 Å². The highest BCUT2D eigenvalue weighted by molar-refractivity contribution is 5.94. The average Bonchev–Trinajstić information content (AvgIpc) is 2.54. The summed E-state index contributed by atoms with van der Waals surface area (Å²) >= 11 is 0. The van der Waals surface area contributed by atoms with Crippen molar-refractivity contribution in [2.24, 2.45) is 0 Å². The van der Waals surface area contributed by atoms with Gasteiger partial charge in [-0.3, -0.25) is 9.59 Å². The van der Waals surface area contributed by atoms with Crippen LogP contribution in [0.2, 0.25) is 0 Å². The predicted molar refractivity (Wildman–Crippen MR) is 84.8 cm³/mol. The van der Waals surface area contributed by atoms with Crippen LogP contribution in [0.25, 0.3) is 0 Å². The van der Waals surface area contributed by atoms with Crippen LogP contribution in [0.1, 0.15) is 36.2 Å². The molecule has 1 atom stereocenters. The van der Waals surface area contributed by atoms with Gasteiger partial charge in [-0.15, -0.1) is 0 Å². The molecule has 0 saturated carbocycles. The summed E-state index contributed by atoms with van der Waals surface area (Å²) in [5, 5.41) is 2.94. The Balaban J connectivity index is 2.05. The first-order valence-electron chi connectivity index (χ1n) is 7.83. The van der Waals surface area contributed by atoms with Gasteiger partial charge in [0.1, 0.15) is 0 Å². The highest BCUT2D eigenvalue weighted by Crippen LogP contribution is 2.12. The summed E-state index contributed by atoms with van der Waals surface area (Å²) in [6, 6.07) is 7.79. The van der Waals surface area contributed by atoms with E-state index in [4.69, 9.17) is 4.74 Å². The quantitative estimate of drug-likeness (QED) is 0.899. The minimum atomic E-state index is -0.0209. The maximum atomic E-state index is 12.5. The van der Waals surface area contributed by atoms with E-state index in [-0.39, 0.29) is 17.9 Å². The fraction of sp³-hybridized carbons (Fsp3) is 0.529. The van der Waals surface area contributed by atoms with Gasteiger partial charge < -0.3 is 15.0 Å². The lowest BCUT2D eigenvalue weighted by Gasteiger charge is -2.27. The van der Waals surface area contributed by atoms with Crippen molar-refractivity contribution in [3.63, 3.8) is 0 Å². The number of nitrogens with one attached hydrogen (secondary N) is 1. The molecule has 5 heteroatoms. The molecule has 1 N–H and O–H groups in total. The molecular weight excluding hydrogens is 280 g/mol. The monoisotopic (exact) mass is 304 g/mol. The number of carbonyl (C=O) groups excluding carboxylic acids is 2. The first-order valence-corrected chi connectivity index (χ1v) is 7.83. The lowest BCUT2D eigenvalue weighted by atomic mass is 10.0. The summed E-state index contributed by atoms with van der Waals surface area (Å²) in [4.78, 5) is 25.5. The first kappa shape index (κ1) is 16.5. The normalized spacial score (nSPS) is 16.2. The van der Waals surface area contributed by atoms with Gasteiger partial charge >= 0.3 is 0 Å². The van der Waals surface area contributed by atoms with Crippen LogP contribution >= 0.6 is 0 Å². The fourth-order valence-electron chi connectivity index (χ4n) is 2.65. The minimum Gasteiger partial charge on any atom is -0.378 e. The van der Waals surface area contributed by atoms with E-state index < -0.39 is 0 Å². The molecule has 1 aliphatic heterocycles. The Kier molecular flexibility index (Phi) is 5.95. The van der Waals surface area contributed by atoms with E-state index in [1.807, 2.05) is 36.1 Å². The molecule has 0 aromatic heterocycles. The number of amides is 2. The van der Waals surface area contributed by atoms with Crippen LogP contribution in [-0.4, -0.2) is 49.1 Å². The van der Waals surface area contributed by atoms with Crippen LogP contribution in [-0.2, 0) is 16.0 Å². The Labute approximate surface area is 131 Å². The fourth-order valence-corrected chi connectivity index (χ4v) is 2.65. The second kappa shape index (κ2) is 7.94. The largest absolute Gasteiger partial charge is 0.378 e. The smallest absolute Gasteiger partial charge is 0.254 e. The summed E-state index contributed by atoms with van der Waals surface area (Å²) in [5.74, 6) is 0.0325. The molecule has 1 aromatic rings. The number of carbonyl (C=O) groups is 2. The highest BCUT2D eigenvalue weighted by Gasteiger charge is 2.19. The van der Waals surface area contributed by atoms with Crippen molar-refractivity contribution in [3.8, 4) is 0 Å². The predicted octanol–water partition coefficient (Wildman–Crippen LogP) is 1.62. The summed E-state index contributed by atoms with van der Waals surface area (Å²) in [6.07, 6.45) is 1.60. The third-order valence-electron chi connectivity index (χ3n) is 3.85. The minimum absolute atomic E-state index is 0.0209. The Morgan fingerprint density at radius 3 is 2.68 bits per heavy atom. The number of benzene rings is 1. The Hall–Kier alpha value is -1.88. The van der Waals surface area contributed by atoms with Gasteiger partial charge in [-0.2, -0.15) is 0 Å². The van der Waals surface area contributed by atoms with Gasteiger partial charge in [0, 0.05) is 31.6 Å². The van der Waals surface area contributed by atoms with Gasteiger partial charge in [0.2, 0.25) is 5.91 Å². The lowest BCUT2D eigenvalue weighted by molar-refractivity contribution is -0.119. The number of nitrogens with zero attached hydrogens (tertiary/aromatic N) is 1.